The van der Waals surface area contributed by atoms with E-state index < -0.39 is 0 Å². The van der Waals surface area contributed by atoms with E-state index in [4.69, 9.17) is 4.74 Å². The van der Waals surface area contributed by atoms with E-state index in [0.717, 1.165) is 25.0 Å². The summed E-state index contributed by atoms with van der Waals surface area (Å²) >= 11 is 0. The molecule has 2 heteroatoms. The molecular formula is C12H17NO. The molecule has 0 aliphatic heterocycles. The van der Waals surface area contributed by atoms with Gasteiger partial charge in [-0.15, -0.1) is 6.58 Å². The van der Waals surface area contributed by atoms with E-state index in [-0.39, 0.29) is 0 Å². The minimum Gasteiger partial charge on any atom is -0.481 e. The van der Waals surface area contributed by atoms with Gasteiger partial charge >= 0.3 is 0 Å². The predicted molar refractivity (Wildman–Crippen MR) is 58.7 cm³/mol. The molecule has 76 valence electrons. The normalized spacial score (nSPS) is 9.86. The lowest BCUT2D eigenvalue weighted by Crippen LogP contribution is -1.93. The highest BCUT2D eigenvalue weighted by atomic mass is 16.5. The fraction of sp³-hybridized carbons (Fsp3) is 0.417. The maximum absolute atomic E-state index is 5.11. The van der Waals surface area contributed by atoms with Crippen LogP contribution < -0.4 is 4.74 Å². The van der Waals surface area contributed by atoms with E-state index in [9.17, 15) is 0 Å². The summed E-state index contributed by atoms with van der Waals surface area (Å²) in [5.41, 5.74) is 2.30. The number of rotatable bonds is 5. The van der Waals surface area contributed by atoms with E-state index in [2.05, 4.69) is 17.6 Å². The largest absolute Gasteiger partial charge is 0.481 e. The summed E-state index contributed by atoms with van der Waals surface area (Å²) in [6, 6.07) is 4.10. The number of pyridine rings is 1. The molecule has 1 aromatic heterocycles. The highest BCUT2D eigenvalue weighted by molar-refractivity contribution is 5.24. The number of aryl methyl sites for hydroxylation is 2. The second kappa shape index (κ2) is 5.43. The number of hydrogen-bond acceptors (Lipinski definition) is 2. The van der Waals surface area contributed by atoms with Crippen molar-refractivity contribution in [1.82, 2.24) is 4.98 Å². The summed E-state index contributed by atoms with van der Waals surface area (Å²) in [7, 11) is 1.65. The van der Waals surface area contributed by atoms with Crippen molar-refractivity contribution < 1.29 is 4.74 Å². The molecule has 14 heavy (non-hydrogen) atoms. The van der Waals surface area contributed by atoms with Crippen LogP contribution in [0, 0.1) is 6.92 Å². The number of hydrogen-bond donors (Lipinski definition) is 0. The molecule has 0 atom stereocenters. The third-order valence-corrected chi connectivity index (χ3v) is 2.07. The van der Waals surface area contributed by atoms with E-state index in [0.29, 0.717) is 5.88 Å². The topological polar surface area (TPSA) is 22.1 Å². The van der Waals surface area contributed by atoms with E-state index >= 15 is 0 Å². The quantitative estimate of drug-likeness (QED) is 0.527. The molecule has 0 radical (unpaired) electrons. The van der Waals surface area contributed by atoms with E-state index in [1.807, 2.05) is 19.1 Å². The number of nitrogens with zero attached hydrogens (tertiary/aromatic N) is 1. The van der Waals surface area contributed by atoms with Gasteiger partial charge in [-0.3, -0.25) is 0 Å². The van der Waals surface area contributed by atoms with Gasteiger partial charge in [-0.2, -0.15) is 0 Å². The summed E-state index contributed by atoms with van der Waals surface area (Å²) in [5.74, 6) is 0.707. The molecule has 2 nitrogen and oxygen atoms in total. The number of ether oxygens (including phenoxy) is 1. The number of methoxy groups -OCH3 is 1. The zero-order chi connectivity index (χ0) is 10.4. The summed E-state index contributed by atoms with van der Waals surface area (Å²) in [5, 5.41) is 0. The molecule has 0 amide bonds. The minimum atomic E-state index is 0.707. The lowest BCUT2D eigenvalue weighted by molar-refractivity contribution is 0.396. The monoisotopic (exact) mass is 191 g/mol. The molecule has 1 rings (SSSR count). The van der Waals surface area contributed by atoms with Crippen LogP contribution in [0.5, 0.6) is 5.88 Å². The molecule has 0 aliphatic carbocycles. The molecule has 0 spiro atoms. The van der Waals surface area contributed by atoms with Crippen LogP contribution in [-0.2, 0) is 6.42 Å². The molecule has 0 saturated carbocycles. The van der Waals surface area contributed by atoms with Crippen molar-refractivity contribution in [2.75, 3.05) is 7.11 Å². The Morgan fingerprint density at radius 3 is 2.93 bits per heavy atom. The second-order valence-electron chi connectivity index (χ2n) is 3.34. The first-order chi connectivity index (χ1) is 6.76. The van der Waals surface area contributed by atoms with E-state index in [1.54, 1.807) is 7.11 Å². The zero-order valence-corrected chi connectivity index (χ0v) is 8.92. The fourth-order valence-electron chi connectivity index (χ4n) is 1.41. The second-order valence-corrected chi connectivity index (χ2v) is 3.34. The molecule has 0 saturated heterocycles. The Balaban J connectivity index is 2.66. The summed E-state index contributed by atoms with van der Waals surface area (Å²) in [4.78, 5) is 4.24. The van der Waals surface area contributed by atoms with Crippen LogP contribution in [0.1, 0.15) is 24.1 Å². The van der Waals surface area contributed by atoms with Crippen LogP contribution in [-0.4, -0.2) is 12.1 Å². The summed E-state index contributed by atoms with van der Waals surface area (Å²) in [6.45, 7) is 5.69. The van der Waals surface area contributed by atoms with Gasteiger partial charge in [0.25, 0.3) is 0 Å². The van der Waals surface area contributed by atoms with Crippen LogP contribution in [0.25, 0.3) is 0 Å². The van der Waals surface area contributed by atoms with Gasteiger partial charge in [-0.05, 0) is 37.8 Å². The third kappa shape index (κ3) is 3.21. The molecular weight excluding hydrogens is 174 g/mol. The summed E-state index contributed by atoms with van der Waals surface area (Å²) < 4.78 is 5.11. The maximum Gasteiger partial charge on any atom is 0.213 e. The third-order valence-electron chi connectivity index (χ3n) is 2.07. The molecule has 0 N–H and O–H groups in total. The van der Waals surface area contributed by atoms with Gasteiger partial charge < -0.3 is 4.74 Å². The standard InChI is InChI=1S/C12H17NO/c1-4-5-6-7-11-8-10(2)13-12(9-11)14-3/h4,8-9H,1,5-7H2,2-3H3. The average Bonchev–Trinajstić information content (AvgIpc) is 2.17. The van der Waals surface area contributed by atoms with Crippen molar-refractivity contribution >= 4 is 0 Å². The van der Waals surface area contributed by atoms with Crippen molar-refractivity contribution in [2.45, 2.75) is 26.2 Å². The molecule has 0 aliphatic rings. The average molecular weight is 191 g/mol. The van der Waals surface area contributed by atoms with Gasteiger partial charge in [-0.25, -0.2) is 4.98 Å². The minimum absolute atomic E-state index is 0.707. The molecule has 0 aromatic carbocycles. The summed E-state index contributed by atoms with van der Waals surface area (Å²) in [6.07, 6.45) is 5.21. The highest BCUT2D eigenvalue weighted by Gasteiger charge is 1.99. The number of aromatic nitrogens is 1. The van der Waals surface area contributed by atoms with Gasteiger partial charge in [0.05, 0.1) is 7.11 Å². The van der Waals surface area contributed by atoms with Crippen molar-refractivity contribution in [1.29, 1.82) is 0 Å². The number of unbranched alkanes of at least 4 members (excludes halogenated alkanes) is 1. The lowest BCUT2D eigenvalue weighted by atomic mass is 10.1. The van der Waals surface area contributed by atoms with Crippen LogP contribution in [0.4, 0.5) is 0 Å². The smallest absolute Gasteiger partial charge is 0.213 e. The van der Waals surface area contributed by atoms with Crippen LogP contribution in [0.3, 0.4) is 0 Å². The van der Waals surface area contributed by atoms with E-state index in [1.165, 1.54) is 5.56 Å². The maximum atomic E-state index is 5.11. The Morgan fingerprint density at radius 1 is 1.50 bits per heavy atom. The molecule has 0 bridgehead atoms. The van der Waals surface area contributed by atoms with Crippen LogP contribution in [0.2, 0.25) is 0 Å². The van der Waals surface area contributed by atoms with Crippen LogP contribution >= 0.6 is 0 Å². The Labute approximate surface area is 85.6 Å². The first kappa shape index (κ1) is 10.8. The first-order valence-electron chi connectivity index (χ1n) is 4.88. The molecule has 0 unspecified atom stereocenters. The Bertz CT molecular complexity index is 307. The Morgan fingerprint density at radius 2 is 2.29 bits per heavy atom. The Kier molecular flexibility index (Phi) is 4.17. The highest BCUT2D eigenvalue weighted by Crippen LogP contribution is 2.14. The number of allylic oxidation sites excluding steroid dienone is 1. The van der Waals surface area contributed by atoms with Crippen LogP contribution in [0.15, 0.2) is 24.8 Å². The van der Waals surface area contributed by atoms with Gasteiger partial charge in [0, 0.05) is 11.8 Å². The van der Waals surface area contributed by atoms with Gasteiger partial charge in [0.1, 0.15) is 0 Å². The van der Waals surface area contributed by atoms with Crippen molar-refractivity contribution in [3.8, 4) is 5.88 Å². The molecule has 1 aromatic rings. The fourth-order valence-corrected chi connectivity index (χ4v) is 1.41. The lowest BCUT2D eigenvalue weighted by Gasteiger charge is -2.04. The molecule has 1 heterocycles. The SMILES string of the molecule is C=CCCCc1cc(C)nc(OC)c1. The van der Waals surface area contributed by atoms with Gasteiger partial charge in [-0.1, -0.05) is 6.08 Å². The first-order valence-corrected chi connectivity index (χ1v) is 4.88. The van der Waals surface area contributed by atoms with Gasteiger partial charge in [0.15, 0.2) is 0 Å². The predicted octanol–water partition coefficient (Wildman–Crippen LogP) is 2.91. The molecule has 0 fully saturated rings. The van der Waals surface area contributed by atoms with Gasteiger partial charge in [0.2, 0.25) is 5.88 Å². The zero-order valence-electron chi connectivity index (χ0n) is 8.92. The van der Waals surface area contributed by atoms with Crippen molar-refractivity contribution in [3.63, 3.8) is 0 Å². The van der Waals surface area contributed by atoms with Crippen molar-refractivity contribution in [3.05, 3.63) is 36.0 Å². The Hall–Kier alpha value is -1.31. The van der Waals surface area contributed by atoms with Crippen molar-refractivity contribution in [2.24, 2.45) is 0 Å².